The van der Waals surface area contributed by atoms with Gasteiger partial charge in [0.2, 0.25) is 5.91 Å². The van der Waals surface area contributed by atoms with Crippen LogP contribution < -0.4 is 5.32 Å². The van der Waals surface area contributed by atoms with Crippen LogP contribution in [0, 0.1) is 0 Å². The number of aryl methyl sites for hydroxylation is 1. The number of benzene rings is 1. The van der Waals surface area contributed by atoms with Crippen LogP contribution in [-0.2, 0) is 16.0 Å². The maximum atomic E-state index is 12.3. The second-order valence-corrected chi connectivity index (χ2v) is 5.07. The van der Waals surface area contributed by atoms with Gasteiger partial charge >= 0.3 is 5.97 Å². The summed E-state index contributed by atoms with van der Waals surface area (Å²) >= 11 is 0. The molecule has 1 amide bonds. The average molecular weight is 273 g/mol. The molecule has 0 aromatic heterocycles. The molecule has 0 saturated heterocycles. The van der Waals surface area contributed by atoms with E-state index >= 15 is 0 Å². The molecule has 2 N–H and O–H groups in total. The summed E-state index contributed by atoms with van der Waals surface area (Å²) < 4.78 is 0. The second-order valence-electron chi connectivity index (χ2n) is 5.07. The Balaban J connectivity index is 2.14. The molecule has 1 aromatic rings. The Kier molecular flexibility index (Phi) is 4.56. The number of nitrogens with one attached hydrogen (secondary N) is 1. The maximum Gasteiger partial charge on any atom is 0.326 e. The lowest BCUT2D eigenvalue weighted by molar-refractivity contribution is -0.142. The third-order valence-corrected chi connectivity index (χ3v) is 3.70. The molecule has 0 fully saturated rings. The summed E-state index contributed by atoms with van der Waals surface area (Å²) in [5, 5.41) is 11.7. The Morgan fingerprint density at radius 2 is 2.20 bits per heavy atom. The molecular formula is C16H19NO3. The maximum absolute atomic E-state index is 12.3. The van der Waals surface area contributed by atoms with Gasteiger partial charge in [-0.3, -0.25) is 4.79 Å². The second kappa shape index (κ2) is 6.37. The van der Waals surface area contributed by atoms with Gasteiger partial charge < -0.3 is 10.4 Å². The van der Waals surface area contributed by atoms with E-state index in [1.807, 2.05) is 24.3 Å². The fourth-order valence-electron chi connectivity index (χ4n) is 2.69. The highest BCUT2D eigenvalue weighted by Gasteiger charge is 2.28. The molecule has 0 saturated carbocycles. The summed E-state index contributed by atoms with van der Waals surface area (Å²) in [7, 11) is 0. The quantitative estimate of drug-likeness (QED) is 0.809. The summed E-state index contributed by atoms with van der Waals surface area (Å²) in [5.41, 5.74) is 2.22. The first-order chi connectivity index (χ1) is 9.63. The third kappa shape index (κ3) is 3.07. The summed E-state index contributed by atoms with van der Waals surface area (Å²) in [5.74, 6) is -1.47. The van der Waals surface area contributed by atoms with Crippen molar-refractivity contribution in [3.63, 3.8) is 0 Å². The van der Waals surface area contributed by atoms with E-state index in [2.05, 4.69) is 11.9 Å². The SMILES string of the molecule is C=CCC(NC(=O)C1CCCc2ccccc21)C(=O)O. The van der Waals surface area contributed by atoms with Gasteiger partial charge in [0.25, 0.3) is 0 Å². The fourth-order valence-corrected chi connectivity index (χ4v) is 2.69. The zero-order valence-electron chi connectivity index (χ0n) is 11.3. The molecule has 1 aliphatic carbocycles. The standard InChI is InChI=1S/C16H19NO3/c1-2-6-14(16(19)20)17-15(18)13-10-5-8-11-7-3-4-9-12(11)13/h2-4,7,9,13-14H,1,5-6,8,10H2,(H,17,18)(H,19,20). The molecule has 106 valence electrons. The van der Waals surface area contributed by atoms with Crippen LogP contribution in [0.25, 0.3) is 0 Å². The van der Waals surface area contributed by atoms with E-state index in [-0.39, 0.29) is 18.2 Å². The number of fused-ring (bicyclic) bond motifs is 1. The highest BCUT2D eigenvalue weighted by molar-refractivity contribution is 5.88. The van der Waals surface area contributed by atoms with E-state index in [0.29, 0.717) is 0 Å². The largest absolute Gasteiger partial charge is 0.480 e. The molecule has 1 aromatic carbocycles. The first-order valence-electron chi connectivity index (χ1n) is 6.85. The van der Waals surface area contributed by atoms with Gasteiger partial charge in [-0.25, -0.2) is 4.79 Å². The van der Waals surface area contributed by atoms with Crippen LogP contribution in [0.5, 0.6) is 0 Å². The highest BCUT2D eigenvalue weighted by Crippen LogP contribution is 2.31. The van der Waals surface area contributed by atoms with Crippen LogP contribution in [0.1, 0.15) is 36.3 Å². The van der Waals surface area contributed by atoms with E-state index in [1.165, 1.54) is 11.6 Å². The average Bonchev–Trinajstić information content (AvgIpc) is 2.46. The topological polar surface area (TPSA) is 66.4 Å². The fraction of sp³-hybridized carbons (Fsp3) is 0.375. The smallest absolute Gasteiger partial charge is 0.326 e. The van der Waals surface area contributed by atoms with Crippen molar-refractivity contribution < 1.29 is 14.7 Å². The predicted molar refractivity (Wildman–Crippen MR) is 76.5 cm³/mol. The Morgan fingerprint density at radius 3 is 2.90 bits per heavy atom. The Morgan fingerprint density at radius 1 is 1.45 bits per heavy atom. The van der Waals surface area contributed by atoms with Gasteiger partial charge in [0.1, 0.15) is 6.04 Å². The number of rotatable bonds is 5. The number of carboxylic acids is 1. The lowest BCUT2D eigenvalue weighted by atomic mass is 9.82. The van der Waals surface area contributed by atoms with Crippen molar-refractivity contribution in [1.29, 1.82) is 0 Å². The summed E-state index contributed by atoms with van der Waals surface area (Å²) in [6.07, 6.45) is 4.44. The van der Waals surface area contributed by atoms with Crippen molar-refractivity contribution in [2.75, 3.05) is 0 Å². The summed E-state index contributed by atoms with van der Waals surface area (Å²) in [4.78, 5) is 23.4. The monoisotopic (exact) mass is 273 g/mol. The first-order valence-corrected chi connectivity index (χ1v) is 6.85. The minimum atomic E-state index is -1.03. The van der Waals surface area contributed by atoms with Gasteiger partial charge in [0.05, 0.1) is 5.92 Å². The Labute approximate surface area is 118 Å². The molecule has 0 bridgehead atoms. The Hall–Kier alpha value is -2.10. The van der Waals surface area contributed by atoms with Crippen LogP contribution in [0.3, 0.4) is 0 Å². The van der Waals surface area contributed by atoms with E-state index < -0.39 is 12.0 Å². The molecule has 0 spiro atoms. The normalized spacial score (nSPS) is 18.7. The van der Waals surface area contributed by atoms with Gasteiger partial charge in [0, 0.05) is 0 Å². The molecule has 2 rings (SSSR count). The van der Waals surface area contributed by atoms with E-state index in [9.17, 15) is 9.59 Å². The molecule has 0 aliphatic heterocycles. The zero-order valence-corrected chi connectivity index (χ0v) is 11.3. The number of hydrogen-bond acceptors (Lipinski definition) is 2. The lowest BCUT2D eigenvalue weighted by Gasteiger charge is -2.26. The van der Waals surface area contributed by atoms with Crippen molar-refractivity contribution in [2.45, 2.75) is 37.6 Å². The summed E-state index contributed by atoms with van der Waals surface area (Å²) in [6, 6.07) is 6.99. The molecule has 20 heavy (non-hydrogen) atoms. The lowest BCUT2D eigenvalue weighted by Crippen LogP contribution is -2.43. The van der Waals surface area contributed by atoms with Crippen molar-refractivity contribution in [3.05, 3.63) is 48.0 Å². The van der Waals surface area contributed by atoms with Gasteiger partial charge in [0.15, 0.2) is 0 Å². The predicted octanol–water partition coefficient (Wildman–Crippen LogP) is 2.25. The molecule has 0 heterocycles. The zero-order chi connectivity index (χ0) is 14.5. The van der Waals surface area contributed by atoms with Crippen LogP contribution in [0.4, 0.5) is 0 Å². The molecule has 2 unspecified atom stereocenters. The highest BCUT2D eigenvalue weighted by atomic mass is 16.4. The number of aliphatic carboxylic acids is 1. The van der Waals surface area contributed by atoms with Crippen LogP contribution in [0.2, 0.25) is 0 Å². The number of carbonyl (C=O) groups is 2. The minimum Gasteiger partial charge on any atom is -0.480 e. The number of hydrogen-bond donors (Lipinski definition) is 2. The molecular weight excluding hydrogens is 254 g/mol. The van der Waals surface area contributed by atoms with Gasteiger partial charge in [-0.1, -0.05) is 30.3 Å². The molecule has 4 heteroatoms. The minimum absolute atomic E-state index is 0.202. The van der Waals surface area contributed by atoms with E-state index in [0.717, 1.165) is 24.8 Å². The van der Waals surface area contributed by atoms with Crippen LogP contribution in [0.15, 0.2) is 36.9 Å². The molecule has 0 radical (unpaired) electrons. The summed E-state index contributed by atoms with van der Waals surface area (Å²) in [6.45, 7) is 3.52. The molecule has 2 atom stereocenters. The molecule has 4 nitrogen and oxygen atoms in total. The van der Waals surface area contributed by atoms with E-state index in [1.54, 1.807) is 0 Å². The number of carboxylic acid groups (broad SMARTS) is 1. The van der Waals surface area contributed by atoms with Crippen molar-refractivity contribution in [2.24, 2.45) is 0 Å². The van der Waals surface area contributed by atoms with Crippen molar-refractivity contribution >= 4 is 11.9 Å². The van der Waals surface area contributed by atoms with E-state index in [4.69, 9.17) is 5.11 Å². The number of amides is 1. The van der Waals surface area contributed by atoms with Crippen LogP contribution >= 0.6 is 0 Å². The third-order valence-electron chi connectivity index (χ3n) is 3.70. The Bertz CT molecular complexity index is 524. The molecule has 1 aliphatic rings. The van der Waals surface area contributed by atoms with Gasteiger partial charge in [-0.05, 0) is 36.8 Å². The van der Waals surface area contributed by atoms with Crippen molar-refractivity contribution in [3.8, 4) is 0 Å². The number of carbonyl (C=O) groups excluding carboxylic acids is 1. The van der Waals surface area contributed by atoms with Gasteiger partial charge in [-0.15, -0.1) is 6.58 Å². The van der Waals surface area contributed by atoms with Gasteiger partial charge in [-0.2, -0.15) is 0 Å². The van der Waals surface area contributed by atoms with Crippen molar-refractivity contribution in [1.82, 2.24) is 5.32 Å². The van der Waals surface area contributed by atoms with Crippen LogP contribution in [-0.4, -0.2) is 23.0 Å². The first kappa shape index (κ1) is 14.3.